The Morgan fingerprint density at radius 1 is 1.18 bits per heavy atom. The van der Waals surface area contributed by atoms with Crippen LogP contribution in [0, 0.1) is 0 Å². The Balaban J connectivity index is 1.60. The molecule has 2 rings (SSSR count). The number of fused-ring (bicyclic) bond motifs is 1. The minimum atomic E-state index is -4.09. The first kappa shape index (κ1) is 13.1. The van der Waals surface area contributed by atoms with Gasteiger partial charge in [-0.25, -0.2) is 0 Å². The summed E-state index contributed by atoms with van der Waals surface area (Å²) in [5.74, 6) is 0. The van der Waals surface area contributed by atoms with Crippen LogP contribution in [0.2, 0.25) is 0 Å². The molecule has 0 aromatic rings. The minimum absolute atomic E-state index is 0.423. The fraction of sp³-hybridized carbons (Fsp3) is 1.00. The van der Waals surface area contributed by atoms with Gasteiger partial charge in [0.2, 0.25) is 0 Å². The lowest BCUT2D eigenvalue weighted by atomic mass is 10.1. The van der Waals surface area contributed by atoms with Gasteiger partial charge in [0.25, 0.3) is 0 Å². The Kier molecular flexibility index (Phi) is 4.27. The second kappa shape index (κ2) is 5.54. The first-order valence-corrected chi connectivity index (χ1v) is 6.28. The molecule has 6 heteroatoms. The SMILES string of the molecule is FC(F)(F)CNCCN1CCN2CCCC2C1. The molecule has 0 amide bonds. The highest BCUT2D eigenvalue weighted by molar-refractivity contribution is 4.86. The van der Waals surface area contributed by atoms with Gasteiger partial charge in [0.15, 0.2) is 0 Å². The highest BCUT2D eigenvalue weighted by Gasteiger charge is 2.30. The van der Waals surface area contributed by atoms with Crippen molar-refractivity contribution >= 4 is 0 Å². The van der Waals surface area contributed by atoms with Crippen LogP contribution in [-0.2, 0) is 0 Å². The third-order valence-electron chi connectivity index (χ3n) is 3.60. The van der Waals surface area contributed by atoms with Crippen molar-refractivity contribution < 1.29 is 13.2 Å². The predicted molar refractivity (Wildman–Crippen MR) is 60.0 cm³/mol. The van der Waals surface area contributed by atoms with Gasteiger partial charge >= 0.3 is 6.18 Å². The zero-order chi connectivity index (χ0) is 12.3. The molecule has 0 aliphatic carbocycles. The molecule has 0 bridgehead atoms. The molecule has 2 fully saturated rings. The van der Waals surface area contributed by atoms with Crippen LogP contribution in [0.1, 0.15) is 12.8 Å². The molecule has 1 unspecified atom stereocenters. The maximum atomic E-state index is 11.9. The van der Waals surface area contributed by atoms with E-state index in [0.717, 1.165) is 26.2 Å². The van der Waals surface area contributed by atoms with Crippen LogP contribution < -0.4 is 5.32 Å². The molecule has 1 atom stereocenters. The van der Waals surface area contributed by atoms with Crippen molar-refractivity contribution in [3.05, 3.63) is 0 Å². The third-order valence-corrected chi connectivity index (χ3v) is 3.60. The molecular weight excluding hydrogens is 231 g/mol. The van der Waals surface area contributed by atoms with Crippen LogP contribution in [0.25, 0.3) is 0 Å². The Bertz CT molecular complexity index is 245. The summed E-state index contributed by atoms with van der Waals surface area (Å²) in [6.45, 7) is 4.55. The van der Waals surface area contributed by atoms with Gasteiger partial charge in [-0.15, -0.1) is 0 Å². The first-order valence-electron chi connectivity index (χ1n) is 6.28. The molecule has 100 valence electrons. The highest BCUT2D eigenvalue weighted by Crippen LogP contribution is 2.21. The second-order valence-electron chi connectivity index (χ2n) is 4.92. The molecule has 0 radical (unpaired) electrons. The topological polar surface area (TPSA) is 18.5 Å². The lowest BCUT2D eigenvalue weighted by Crippen LogP contribution is -2.51. The number of alkyl halides is 3. The van der Waals surface area contributed by atoms with Gasteiger partial charge in [-0.3, -0.25) is 9.80 Å². The van der Waals surface area contributed by atoms with E-state index in [-0.39, 0.29) is 0 Å². The summed E-state index contributed by atoms with van der Waals surface area (Å²) in [7, 11) is 0. The Labute approximate surface area is 99.9 Å². The molecule has 17 heavy (non-hydrogen) atoms. The van der Waals surface area contributed by atoms with E-state index in [1.54, 1.807) is 0 Å². The molecule has 0 spiro atoms. The van der Waals surface area contributed by atoms with Crippen LogP contribution >= 0.6 is 0 Å². The van der Waals surface area contributed by atoms with Crippen molar-refractivity contribution in [1.29, 1.82) is 0 Å². The van der Waals surface area contributed by atoms with Gasteiger partial charge in [0, 0.05) is 38.8 Å². The molecular formula is C11H20F3N3. The zero-order valence-electron chi connectivity index (χ0n) is 9.97. The van der Waals surface area contributed by atoms with Crippen molar-refractivity contribution in [1.82, 2.24) is 15.1 Å². The lowest BCUT2D eigenvalue weighted by Gasteiger charge is -2.37. The highest BCUT2D eigenvalue weighted by atomic mass is 19.4. The van der Waals surface area contributed by atoms with Crippen LogP contribution in [0.3, 0.4) is 0 Å². The van der Waals surface area contributed by atoms with Gasteiger partial charge in [-0.2, -0.15) is 13.2 Å². The average molecular weight is 251 g/mol. The molecule has 0 saturated carbocycles. The summed E-state index contributed by atoms with van der Waals surface area (Å²) in [5, 5.41) is 2.45. The van der Waals surface area contributed by atoms with E-state index in [1.807, 2.05) is 0 Å². The Morgan fingerprint density at radius 3 is 2.76 bits per heavy atom. The molecule has 2 aliphatic heterocycles. The molecule has 2 aliphatic rings. The maximum Gasteiger partial charge on any atom is 0.401 e. The van der Waals surface area contributed by atoms with Crippen molar-refractivity contribution in [3.63, 3.8) is 0 Å². The lowest BCUT2D eigenvalue weighted by molar-refractivity contribution is -0.124. The van der Waals surface area contributed by atoms with Crippen molar-refractivity contribution in [2.24, 2.45) is 0 Å². The number of piperazine rings is 1. The largest absolute Gasteiger partial charge is 0.401 e. The third kappa shape index (κ3) is 4.12. The standard InChI is InChI=1S/C11H20F3N3/c12-11(13,14)9-15-3-5-16-6-7-17-4-1-2-10(17)8-16/h10,15H,1-9H2. The number of halogens is 3. The number of nitrogens with one attached hydrogen (secondary N) is 1. The second-order valence-corrected chi connectivity index (χ2v) is 4.92. The quantitative estimate of drug-likeness (QED) is 0.750. The van der Waals surface area contributed by atoms with Crippen LogP contribution in [0.15, 0.2) is 0 Å². The summed E-state index contributed by atoms with van der Waals surface area (Å²) in [6.07, 6.45) is -1.58. The zero-order valence-corrected chi connectivity index (χ0v) is 9.97. The number of hydrogen-bond acceptors (Lipinski definition) is 3. The summed E-state index contributed by atoms with van der Waals surface area (Å²) >= 11 is 0. The van der Waals surface area contributed by atoms with E-state index in [4.69, 9.17) is 0 Å². The fourth-order valence-electron chi connectivity index (χ4n) is 2.73. The van der Waals surface area contributed by atoms with Crippen LogP contribution in [0.4, 0.5) is 13.2 Å². The summed E-state index contributed by atoms with van der Waals surface area (Å²) < 4.78 is 35.7. The van der Waals surface area contributed by atoms with Gasteiger partial charge in [-0.05, 0) is 19.4 Å². The Morgan fingerprint density at radius 2 is 2.00 bits per heavy atom. The number of hydrogen-bond donors (Lipinski definition) is 1. The molecule has 2 saturated heterocycles. The van der Waals surface area contributed by atoms with E-state index < -0.39 is 12.7 Å². The van der Waals surface area contributed by atoms with Crippen LogP contribution in [-0.4, -0.2) is 67.8 Å². The number of nitrogens with zero attached hydrogens (tertiary/aromatic N) is 2. The first-order chi connectivity index (χ1) is 8.04. The fourth-order valence-corrected chi connectivity index (χ4v) is 2.73. The van der Waals surface area contributed by atoms with E-state index in [0.29, 0.717) is 12.6 Å². The van der Waals surface area contributed by atoms with E-state index in [9.17, 15) is 13.2 Å². The number of rotatable bonds is 4. The van der Waals surface area contributed by atoms with Gasteiger partial charge in [-0.1, -0.05) is 0 Å². The molecule has 1 N–H and O–H groups in total. The molecule has 0 aromatic carbocycles. The predicted octanol–water partition coefficient (Wildman–Crippen LogP) is 0.918. The average Bonchev–Trinajstić information content (AvgIpc) is 2.70. The Hall–Kier alpha value is -0.330. The van der Waals surface area contributed by atoms with Gasteiger partial charge < -0.3 is 5.32 Å². The van der Waals surface area contributed by atoms with Gasteiger partial charge in [0.05, 0.1) is 6.54 Å². The molecule has 3 nitrogen and oxygen atoms in total. The summed E-state index contributed by atoms with van der Waals surface area (Å²) in [5.41, 5.74) is 0. The summed E-state index contributed by atoms with van der Waals surface area (Å²) in [6, 6.07) is 0.645. The van der Waals surface area contributed by atoms with E-state index in [2.05, 4.69) is 15.1 Å². The minimum Gasteiger partial charge on any atom is -0.307 e. The van der Waals surface area contributed by atoms with Gasteiger partial charge in [0.1, 0.15) is 0 Å². The normalized spacial score (nSPS) is 27.4. The smallest absolute Gasteiger partial charge is 0.307 e. The van der Waals surface area contributed by atoms with E-state index in [1.165, 1.54) is 19.4 Å². The molecule has 2 heterocycles. The summed E-state index contributed by atoms with van der Waals surface area (Å²) in [4.78, 5) is 4.77. The van der Waals surface area contributed by atoms with Crippen molar-refractivity contribution in [2.45, 2.75) is 25.1 Å². The molecule has 0 aromatic heterocycles. The monoisotopic (exact) mass is 251 g/mol. The van der Waals surface area contributed by atoms with E-state index >= 15 is 0 Å². The maximum absolute atomic E-state index is 11.9. The van der Waals surface area contributed by atoms with Crippen LogP contribution in [0.5, 0.6) is 0 Å². The van der Waals surface area contributed by atoms with Crippen molar-refractivity contribution in [3.8, 4) is 0 Å². The van der Waals surface area contributed by atoms with Crippen molar-refractivity contribution in [2.75, 3.05) is 45.8 Å².